The van der Waals surface area contributed by atoms with Crippen LogP contribution in [0.3, 0.4) is 0 Å². The van der Waals surface area contributed by atoms with Crippen LogP contribution in [0.2, 0.25) is 0 Å². The highest BCUT2D eigenvalue weighted by Crippen LogP contribution is 2.13. The molecular formula is C17H22ClN5O2S. The highest BCUT2D eigenvalue weighted by molar-refractivity contribution is 7.98. The van der Waals surface area contributed by atoms with E-state index in [-0.39, 0.29) is 18.0 Å². The van der Waals surface area contributed by atoms with Crippen LogP contribution in [0, 0.1) is 0 Å². The monoisotopic (exact) mass is 395 g/mol. The number of aromatic nitrogens is 4. The molecule has 2 heterocycles. The van der Waals surface area contributed by atoms with Crippen molar-refractivity contribution in [3.05, 3.63) is 52.2 Å². The second-order valence-electron chi connectivity index (χ2n) is 5.83. The number of aromatic amines is 1. The summed E-state index contributed by atoms with van der Waals surface area (Å²) in [6, 6.07) is 7.67. The zero-order valence-corrected chi connectivity index (χ0v) is 16.3. The molecule has 140 valence electrons. The van der Waals surface area contributed by atoms with Gasteiger partial charge in [-0.05, 0) is 26.1 Å². The van der Waals surface area contributed by atoms with Crippen molar-refractivity contribution in [2.45, 2.75) is 31.6 Å². The Kier molecular flexibility index (Phi) is 7.62. The summed E-state index contributed by atoms with van der Waals surface area (Å²) in [6.07, 6.45) is 1.44. The van der Waals surface area contributed by atoms with Crippen molar-refractivity contribution < 1.29 is 4.52 Å². The van der Waals surface area contributed by atoms with Crippen LogP contribution in [0.25, 0.3) is 10.9 Å². The molecule has 9 heteroatoms. The van der Waals surface area contributed by atoms with Crippen LogP contribution in [-0.2, 0) is 18.6 Å². The highest BCUT2D eigenvalue weighted by Gasteiger charge is 2.09. The van der Waals surface area contributed by atoms with Crippen LogP contribution in [-0.4, -0.2) is 39.0 Å². The number of likely N-dealkylation sites (N-methyl/N-ethyl adjacent to an activating group) is 1. The molecule has 0 fully saturated rings. The van der Waals surface area contributed by atoms with Gasteiger partial charge < -0.3 is 14.8 Å². The van der Waals surface area contributed by atoms with Crippen LogP contribution in [0.1, 0.15) is 24.5 Å². The number of rotatable bonds is 8. The third-order valence-electron chi connectivity index (χ3n) is 3.85. The first-order valence-electron chi connectivity index (χ1n) is 8.20. The van der Waals surface area contributed by atoms with Crippen molar-refractivity contribution in [1.82, 2.24) is 25.4 Å². The van der Waals surface area contributed by atoms with E-state index < -0.39 is 0 Å². The van der Waals surface area contributed by atoms with E-state index in [2.05, 4.69) is 32.3 Å². The summed E-state index contributed by atoms with van der Waals surface area (Å²) in [5.74, 6) is 3.51. The summed E-state index contributed by atoms with van der Waals surface area (Å²) in [6.45, 7) is 2.07. The molecule has 3 aromatic rings. The Morgan fingerprint density at radius 1 is 1.31 bits per heavy atom. The van der Waals surface area contributed by atoms with Crippen molar-refractivity contribution >= 4 is 35.1 Å². The SMILES string of the molecule is CNC(C)Cc1noc(CCSCc2nc3ccccc3c(=O)[nH]2)n1.Cl. The van der Waals surface area contributed by atoms with E-state index in [9.17, 15) is 4.79 Å². The zero-order valence-electron chi connectivity index (χ0n) is 14.7. The smallest absolute Gasteiger partial charge is 0.258 e. The number of benzene rings is 1. The summed E-state index contributed by atoms with van der Waals surface area (Å²) in [5.41, 5.74) is 0.628. The Morgan fingerprint density at radius 2 is 2.12 bits per heavy atom. The quantitative estimate of drug-likeness (QED) is 0.565. The molecule has 2 N–H and O–H groups in total. The number of nitrogens with one attached hydrogen (secondary N) is 2. The predicted molar refractivity (Wildman–Crippen MR) is 106 cm³/mol. The number of hydrogen-bond acceptors (Lipinski definition) is 7. The number of fused-ring (bicyclic) bond motifs is 1. The zero-order chi connectivity index (χ0) is 17.6. The van der Waals surface area contributed by atoms with E-state index in [4.69, 9.17) is 4.52 Å². The summed E-state index contributed by atoms with van der Waals surface area (Å²) in [4.78, 5) is 23.7. The molecule has 0 saturated heterocycles. The molecule has 0 amide bonds. The molecule has 0 aliphatic rings. The Hall–Kier alpha value is -1.90. The lowest BCUT2D eigenvalue weighted by atomic mass is 10.2. The van der Waals surface area contributed by atoms with Gasteiger partial charge in [-0.3, -0.25) is 4.79 Å². The van der Waals surface area contributed by atoms with Gasteiger partial charge in [0.1, 0.15) is 5.82 Å². The predicted octanol–water partition coefficient (Wildman–Crippen LogP) is 2.35. The molecule has 0 aliphatic carbocycles. The van der Waals surface area contributed by atoms with Gasteiger partial charge in [-0.1, -0.05) is 17.3 Å². The fraction of sp³-hybridized carbons (Fsp3) is 0.412. The van der Waals surface area contributed by atoms with Crippen LogP contribution >= 0.6 is 24.2 Å². The van der Waals surface area contributed by atoms with Gasteiger partial charge in [-0.2, -0.15) is 16.7 Å². The van der Waals surface area contributed by atoms with Gasteiger partial charge in [0.2, 0.25) is 5.89 Å². The minimum Gasteiger partial charge on any atom is -0.339 e. The number of nitrogens with zero attached hydrogens (tertiary/aromatic N) is 3. The first-order valence-corrected chi connectivity index (χ1v) is 9.35. The maximum Gasteiger partial charge on any atom is 0.258 e. The van der Waals surface area contributed by atoms with Gasteiger partial charge in [0, 0.05) is 24.6 Å². The number of para-hydroxylation sites is 1. The third-order valence-corrected chi connectivity index (χ3v) is 4.82. The molecule has 2 aromatic heterocycles. The maximum absolute atomic E-state index is 12.0. The van der Waals surface area contributed by atoms with Crippen molar-refractivity contribution in [3.8, 4) is 0 Å². The van der Waals surface area contributed by atoms with Crippen LogP contribution in [0.15, 0.2) is 33.6 Å². The second-order valence-corrected chi connectivity index (χ2v) is 6.94. The van der Waals surface area contributed by atoms with Crippen LogP contribution < -0.4 is 10.9 Å². The topological polar surface area (TPSA) is 96.7 Å². The molecule has 0 radical (unpaired) electrons. The Morgan fingerprint density at radius 3 is 2.92 bits per heavy atom. The Bertz CT molecular complexity index is 898. The van der Waals surface area contributed by atoms with Crippen LogP contribution in [0.4, 0.5) is 0 Å². The van der Waals surface area contributed by atoms with Gasteiger partial charge >= 0.3 is 0 Å². The first kappa shape index (κ1) is 20.4. The average molecular weight is 396 g/mol. The third kappa shape index (κ3) is 5.30. The maximum atomic E-state index is 12.0. The lowest BCUT2D eigenvalue weighted by Gasteiger charge is -2.04. The molecule has 3 rings (SSSR count). The molecule has 0 bridgehead atoms. The molecule has 0 saturated carbocycles. The van der Waals surface area contributed by atoms with Gasteiger partial charge in [0.25, 0.3) is 5.56 Å². The molecule has 1 unspecified atom stereocenters. The minimum absolute atomic E-state index is 0. The van der Waals surface area contributed by atoms with Crippen molar-refractivity contribution in [2.24, 2.45) is 0 Å². The van der Waals surface area contributed by atoms with E-state index >= 15 is 0 Å². The van der Waals surface area contributed by atoms with Gasteiger partial charge in [-0.15, -0.1) is 12.4 Å². The largest absolute Gasteiger partial charge is 0.339 e. The van der Waals surface area contributed by atoms with Crippen LogP contribution in [0.5, 0.6) is 0 Å². The molecule has 1 aromatic carbocycles. The lowest BCUT2D eigenvalue weighted by molar-refractivity contribution is 0.375. The number of halogens is 1. The minimum atomic E-state index is -0.0959. The lowest BCUT2D eigenvalue weighted by Crippen LogP contribution is -2.24. The van der Waals surface area contributed by atoms with Crippen molar-refractivity contribution in [2.75, 3.05) is 12.8 Å². The van der Waals surface area contributed by atoms with Gasteiger partial charge in [0.05, 0.1) is 16.7 Å². The van der Waals surface area contributed by atoms with E-state index in [0.29, 0.717) is 35.3 Å². The summed E-state index contributed by atoms with van der Waals surface area (Å²) in [7, 11) is 1.91. The van der Waals surface area contributed by atoms with Crippen molar-refractivity contribution in [3.63, 3.8) is 0 Å². The fourth-order valence-electron chi connectivity index (χ4n) is 2.38. The number of thioether (sulfide) groups is 1. The summed E-state index contributed by atoms with van der Waals surface area (Å²) in [5, 5.41) is 7.76. The second kappa shape index (κ2) is 9.70. The first-order chi connectivity index (χ1) is 12.2. The number of H-pyrrole nitrogens is 1. The fourth-order valence-corrected chi connectivity index (χ4v) is 3.18. The summed E-state index contributed by atoms with van der Waals surface area (Å²) < 4.78 is 5.26. The summed E-state index contributed by atoms with van der Waals surface area (Å²) >= 11 is 1.67. The van der Waals surface area contributed by atoms with E-state index in [1.54, 1.807) is 17.8 Å². The number of hydrogen-bond donors (Lipinski definition) is 2. The molecular weight excluding hydrogens is 374 g/mol. The van der Waals surface area contributed by atoms with Gasteiger partial charge in [0.15, 0.2) is 5.82 Å². The normalized spacial score (nSPS) is 12.1. The molecule has 1 atom stereocenters. The molecule has 0 aliphatic heterocycles. The Balaban J connectivity index is 0.00000243. The molecule has 26 heavy (non-hydrogen) atoms. The number of aryl methyl sites for hydroxylation is 1. The highest BCUT2D eigenvalue weighted by atomic mass is 35.5. The van der Waals surface area contributed by atoms with E-state index in [0.717, 1.165) is 23.5 Å². The van der Waals surface area contributed by atoms with E-state index in [1.165, 1.54) is 0 Å². The van der Waals surface area contributed by atoms with Crippen molar-refractivity contribution in [1.29, 1.82) is 0 Å². The van der Waals surface area contributed by atoms with Gasteiger partial charge in [-0.25, -0.2) is 4.98 Å². The molecule has 7 nitrogen and oxygen atoms in total. The average Bonchev–Trinajstić information content (AvgIpc) is 3.06. The Labute approximate surface area is 161 Å². The van der Waals surface area contributed by atoms with E-state index in [1.807, 2.05) is 25.2 Å². The standard InChI is InChI=1S/C17H21N5O2S.ClH/c1-11(18-2)9-14-20-16(24-22-14)7-8-25-10-15-19-13-6-4-3-5-12(13)17(23)21-15;/h3-6,11,18H,7-10H2,1-2H3,(H,19,21,23);1H. The molecule has 0 spiro atoms.